The summed E-state index contributed by atoms with van der Waals surface area (Å²) < 4.78 is 1.77. The lowest BCUT2D eigenvalue weighted by Gasteiger charge is -2.31. The Morgan fingerprint density at radius 1 is 1.29 bits per heavy atom. The zero-order valence-corrected chi connectivity index (χ0v) is 14.1. The minimum absolute atomic E-state index is 0.00330. The average molecular weight is 327 g/mol. The molecular weight excluding hydrogens is 302 g/mol. The van der Waals surface area contributed by atoms with Gasteiger partial charge in [0, 0.05) is 6.04 Å². The number of rotatable bonds is 5. The number of amides is 1. The van der Waals surface area contributed by atoms with Gasteiger partial charge in [0.15, 0.2) is 0 Å². The van der Waals surface area contributed by atoms with Crippen LogP contribution in [0.5, 0.6) is 0 Å². The van der Waals surface area contributed by atoms with Gasteiger partial charge in [0.25, 0.3) is 0 Å². The van der Waals surface area contributed by atoms with E-state index in [0.29, 0.717) is 12.5 Å². The van der Waals surface area contributed by atoms with Crippen LogP contribution in [0.2, 0.25) is 0 Å². The molecule has 1 aromatic carbocycles. The van der Waals surface area contributed by atoms with Crippen molar-refractivity contribution in [1.82, 2.24) is 20.3 Å². The molecule has 6 nitrogen and oxygen atoms in total. The van der Waals surface area contributed by atoms with Crippen LogP contribution in [0.4, 0.5) is 0 Å². The molecule has 1 fully saturated rings. The molecule has 1 aliphatic carbocycles. The van der Waals surface area contributed by atoms with Crippen molar-refractivity contribution in [1.29, 1.82) is 0 Å². The molecule has 0 bridgehead atoms. The van der Waals surface area contributed by atoms with Crippen molar-refractivity contribution in [3.05, 3.63) is 41.7 Å². The Morgan fingerprint density at radius 3 is 2.79 bits per heavy atom. The minimum Gasteiger partial charge on any atom is -0.353 e. The number of carbonyl (C=O) groups excluding carboxylic acids is 1. The van der Waals surface area contributed by atoms with Gasteiger partial charge in [-0.2, -0.15) is 0 Å². The summed E-state index contributed by atoms with van der Waals surface area (Å²) in [6.45, 7) is 2.58. The van der Waals surface area contributed by atoms with Gasteiger partial charge >= 0.3 is 0 Å². The van der Waals surface area contributed by atoms with Crippen molar-refractivity contribution in [3.8, 4) is 5.69 Å². The predicted molar refractivity (Wildman–Crippen MR) is 92.7 cm³/mol. The third kappa shape index (κ3) is 3.64. The molecule has 0 radical (unpaired) electrons. The van der Waals surface area contributed by atoms with Gasteiger partial charge in [-0.25, -0.2) is 4.68 Å². The van der Waals surface area contributed by atoms with Gasteiger partial charge in [-0.15, -0.1) is 5.10 Å². The summed E-state index contributed by atoms with van der Waals surface area (Å²) in [5.41, 5.74) is 8.40. The van der Waals surface area contributed by atoms with Gasteiger partial charge in [-0.1, -0.05) is 36.3 Å². The highest BCUT2D eigenvalue weighted by molar-refractivity contribution is 5.78. The average Bonchev–Trinajstić information content (AvgIpc) is 2.97. The summed E-state index contributed by atoms with van der Waals surface area (Å²) in [6.07, 6.45) is 4.74. The van der Waals surface area contributed by atoms with E-state index >= 15 is 0 Å². The fourth-order valence-corrected chi connectivity index (χ4v) is 3.43. The maximum Gasteiger partial charge on any atom is 0.226 e. The number of hydrogen-bond donors (Lipinski definition) is 2. The highest BCUT2D eigenvalue weighted by atomic mass is 16.1. The van der Waals surface area contributed by atoms with E-state index in [9.17, 15) is 4.79 Å². The molecule has 0 aliphatic heterocycles. The molecule has 1 heterocycles. The summed E-state index contributed by atoms with van der Waals surface area (Å²) in [5, 5.41) is 11.5. The Morgan fingerprint density at radius 2 is 2.04 bits per heavy atom. The molecule has 2 aromatic rings. The third-order valence-corrected chi connectivity index (χ3v) is 4.88. The van der Waals surface area contributed by atoms with Crippen LogP contribution in [0.3, 0.4) is 0 Å². The number of carbonyl (C=O) groups is 1. The fraction of sp³-hybridized carbons (Fsp3) is 0.500. The lowest BCUT2D eigenvalue weighted by Crippen LogP contribution is -2.45. The largest absolute Gasteiger partial charge is 0.353 e. The molecule has 1 aliphatic rings. The van der Waals surface area contributed by atoms with Crippen LogP contribution in [0.25, 0.3) is 5.69 Å². The van der Waals surface area contributed by atoms with Crippen LogP contribution in [0.15, 0.2) is 30.3 Å². The molecule has 1 amide bonds. The van der Waals surface area contributed by atoms with E-state index in [-0.39, 0.29) is 18.4 Å². The summed E-state index contributed by atoms with van der Waals surface area (Å²) in [4.78, 5) is 12.4. The second-order valence-corrected chi connectivity index (χ2v) is 6.50. The zero-order valence-electron chi connectivity index (χ0n) is 14.1. The van der Waals surface area contributed by atoms with Crippen LogP contribution >= 0.6 is 0 Å². The van der Waals surface area contributed by atoms with E-state index in [4.69, 9.17) is 5.73 Å². The van der Waals surface area contributed by atoms with Crippen LogP contribution in [-0.2, 0) is 11.2 Å². The highest BCUT2D eigenvalue weighted by Gasteiger charge is 2.25. The summed E-state index contributed by atoms with van der Waals surface area (Å²) in [6, 6.07) is 10.0. The first kappa shape index (κ1) is 16.6. The van der Waals surface area contributed by atoms with E-state index in [1.54, 1.807) is 4.68 Å². The number of aromatic nitrogens is 3. The van der Waals surface area contributed by atoms with Gasteiger partial charge in [0.2, 0.25) is 5.91 Å². The maximum atomic E-state index is 12.4. The lowest BCUT2D eigenvalue weighted by atomic mass is 9.84. The fourth-order valence-electron chi connectivity index (χ4n) is 3.43. The van der Waals surface area contributed by atoms with Gasteiger partial charge < -0.3 is 11.1 Å². The van der Waals surface area contributed by atoms with Crippen molar-refractivity contribution < 1.29 is 4.79 Å². The first-order chi connectivity index (χ1) is 11.7. The highest BCUT2D eigenvalue weighted by Crippen LogP contribution is 2.23. The van der Waals surface area contributed by atoms with Crippen molar-refractivity contribution in [2.45, 2.75) is 45.1 Å². The van der Waals surface area contributed by atoms with Crippen molar-refractivity contribution >= 4 is 5.91 Å². The number of para-hydroxylation sites is 1. The predicted octanol–water partition coefficient (Wildman–Crippen LogP) is 1.75. The molecule has 1 saturated carbocycles. The van der Waals surface area contributed by atoms with Gasteiger partial charge in [0.05, 0.1) is 23.5 Å². The maximum absolute atomic E-state index is 12.4. The third-order valence-electron chi connectivity index (χ3n) is 4.88. The van der Waals surface area contributed by atoms with Gasteiger partial charge in [-0.3, -0.25) is 4.79 Å². The standard InChI is InChI=1S/C18H25N5O/c1-13-17(21-22-23(13)15-8-3-2-4-9-15)11-18(24)20-16-10-6-5-7-14(16)12-19/h2-4,8-9,14,16H,5-7,10-12,19H2,1H3,(H,20,24). The molecule has 128 valence electrons. The molecule has 3 rings (SSSR count). The summed E-state index contributed by atoms with van der Waals surface area (Å²) >= 11 is 0. The molecular formula is C18H25N5O. The Balaban J connectivity index is 1.66. The number of benzene rings is 1. The van der Waals surface area contributed by atoms with E-state index in [0.717, 1.165) is 36.3 Å². The van der Waals surface area contributed by atoms with Crippen LogP contribution < -0.4 is 11.1 Å². The summed E-state index contributed by atoms with van der Waals surface area (Å²) in [7, 11) is 0. The molecule has 1 aromatic heterocycles. The minimum atomic E-state index is 0.00330. The van der Waals surface area contributed by atoms with Crippen molar-refractivity contribution in [3.63, 3.8) is 0 Å². The second kappa shape index (κ2) is 7.57. The number of hydrogen-bond acceptors (Lipinski definition) is 4. The lowest BCUT2D eigenvalue weighted by molar-refractivity contribution is -0.121. The number of nitrogens with one attached hydrogen (secondary N) is 1. The van der Waals surface area contributed by atoms with E-state index < -0.39 is 0 Å². The van der Waals surface area contributed by atoms with Crippen molar-refractivity contribution in [2.24, 2.45) is 11.7 Å². The van der Waals surface area contributed by atoms with Gasteiger partial charge in [0.1, 0.15) is 0 Å². The second-order valence-electron chi connectivity index (χ2n) is 6.50. The topological polar surface area (TPSA) is 85.8 Å². The SMILES string of the molecule is Cc1c(CC(=O)NC2CCCCC2CN)nnn1-c1ccccc1. The Bertz CT molecular complexity index is 682. The van der Waals surface area contributed by atoms with Gasteiger partial charge in [-0.05, 0) is 44.4 Å². The van der Waals surface area contributed by atoms with E-state index in [1.165, 1.54) is 6.42 Å². The van der Waals surface area contributed by atoms with E-state index in [2.05, 4.69) is 15.6 Å². The monoisotopic (exact) mass is 327 g/mol. The molecule has 0 saturated heterocycles. The Labute approximate surface area is 142 Å². The first-order valence-corrected chi connectivity index (χ1v) is 8.65. The summed E-state index contributed by atoms with van der Waals surface area (Å²) in [5.74, 6) is 0.396. The number of nitrogens with zero attached hydrogens (tertiary/aromatic N) is 3. The Hall–Kier alpha value is -2.21. The van der Waals surface area contributed by atoms with Crippen molar-refractivity contribution in [2.75, 3.05) is 6.54 Å². The quantitative estimate of drug-likeness (QED) is 0.876. The number of nitrogens with two attached hydrogens (primary N) is 1. The normalized spacial score (nSPS) is 20.8. The smallest absolute Gasteiger partial charge is 0.226 e. The molecule has 24 heavy (non-hydrogen) atoms. The first-order valence-electron chi connectivity index (χ1n) is 8.65. The zero-order chi connectivity index (χ0) is 16.9. The molecule has 2 unspecified atom stereocenters. The molecule has 3 N–H and O–H groups in total. The van der Waals surface area contributed by atoms with E-state index in [1.807, 2.05) is 37.3 Å². The molecule has 2 atom stereocenters. The van der Waals surface area contributed by atoms with Crippen LogP contribution in [0.1, 0.15) is 37.1 Å². The molecule has 6 heteroatoms. The Kier molecular flexibility index (Phi) is 5.25. The van der Waals surface area contributed by atoms with Crippen LogP contribution in [-0.4, -0.2) is 33.5 Å². The molecule has 0 spiro atoms. The van der Waals surface area contributed by atoms with Crippen LogP contribution in [0, 0.1) is 12.8 Å².